The van der Waals surface area contributed by atoms with Gasteiger partial charge >= 0.3 is 0 Å². The van der Waals surface area contributed by atoms with Crippen LogP contribution >= 0.6 is 0 Å². The van der Waals surface area contributed by atoms with Crippen molar-refractivity contribution in [2.45, 2.75) is 39.7 Å². The molecule has 2 aromatic carbocycles. The number of nitrogens with zero attached hydrogens (tertiary/aromatic N) is 5. The first-order chi connectivity index (χ1) is 15.5. The molecule has 0 atom stereocenters. The quantitative estimate of drug-likeness (QED) is 0.511. The maximum absolute atomic E-state index is 13.9. The van der Waals surface area contributed by atoms with E-state index in [1.54, 1.807) is 4.80 Å². The first kappa shape index (κ1) is 21.8. The third-order valence-electron chi connectivity index (χ3n) is 5.69. The fourth-order valence-electron chi connectivity index (χ4n) is 3.85. The van der Waals surface area contributed by atoms with E-state index in [1.165, 1.54) is 23.3 Å². The van der Waals surface area contributed by atoms with Gasteiger partial charge in [0.15, 0.2) is 17.4 Å². The molecule has 166 valence electrons. The SMILES string of the molecule is CCCn1nnc(N2CCC(C)=C(c3ccc(CC(=O)c4cccc(F)c4F)cc3)C2)n1. The largest absolute Gasteiger partial charge is 0.334 e. The van der Waals surface area contributed by atoms with Crippen LogP contribution in [0.15, 0.2) is 48.0 Å². The second-order valence-electron chi connectivity index (χ2n) is 8.01. The molecule has 3 aromatic rings. The van der Waals surface area contributed by atoms with Crippen LogP contribution in [0.2, 0.25) is 0 Å². The van der Waals surface area contributed by atoms with Crippen molar-refractivity contribution in [3.05, 3.63) is 76.4 Å². The molecule has 1 aliphatic heterocycles. The highest BCUT2D eigenvalue weighted by Crippen LogP contribution is 2.28. The molecule has 4 rings (SSSR count). The fourth-order valence-corrected chi connectivity index (χ4v) is 3.85. The highest BCUT2D eigenvalue weighted by Gasteiger charge is 2.22. The fraction of sp³-hybridized carbons (Fsp3) is 0.333. The Morgan fingerprint density at radius 2 is 1.91 bits per heavy atom. The molecule has 32 heavy (non-hydrogen) atoms. The Morgan fingerprint density at radius 1 is 1.12 bits per heavy atom. The van der Waals surface area contributed by atoms with Gasteiger partial charge in [-0.1, -0.05) is 47.9 Å². The molecule has 0 bridgehead atoms. The molecule has 0 unspecified atom stereocenters. The number of carbonyl (C=O) groups excluding carboxylic acids is 1. The lowest BCUT2D eigenvalue weighted by atomic mass is 9.93. The Kier molecular flexibility index (Phi) is 6.39. The van der Waals surface area contributed by atoms with Gasteiger partial charge in [-0.2, -0.15) is 4.80 Å². The second kappa shape index (κ2) is 9.38. The minimum Gasteiger partial charge on any atom is -0.334 e. The van der Waals surface area contributed by atoms with Crippen LogP contribution in [-0.2, 0) is 13.0 Å². The van der Waals surface area contributed by atoms with E-state index in [4.69, 9.17) is 0 Å². The molecule has 1 aromatic heterocycles. The van der Waals surface area contributed by atoms with E-state index in [0.29, 0.717) is 12.5 Å². The molecule has 0 aliphatic carbocycles. The summed E-state index contributed by atoms with van der Waals surface area (Å²) in [6, 6.07) is 11.3. The van der Waals surface area contributed by atoms with Gasteiger partial charge in [0.1, 0.15) is 0 Å². The van der Waals surface area contributed by atoms with Crippen LogP contribution in [0.25, 0.3) is 5.57 Å². The van der Waals surface area contributed by atoms with Crippen molar-refractivity contribution in [1.29, 1.82) is 0 Å². The number of halogens is 2. The van der Waals surface area contributed by atoms with Crippen molar-refractivity contribution in [1.82, 2.24) is 20.2 Å². The van der Waals surface area contributed by atoms with E-state index >= 15 is 0 Å². The Morgan fingerprint density at radius 3 is 2.66 bits per heavy atom. The molecule has 6 nitrogen and oxygen atoms in total. The summed E-state index contributed by atoms with van der Waals surface area (Å²) in [5.41, 5.74) is 4.07. The number of tetrazole rings is 1. The average Bonchev–Trinajstić information content (AvgIpc) is 3.25. The van der Waals surface area contributed by atoms with Gasteiger partial charge in [0.05, 0.1) is 12.1 Å². The Hall–Kier alpha value is -3.42. The summed E-state index contributed by atoms with van der Waals surface area (Å²) in [7, 11) is 0. The van der Waals surface area contributed by atoms with Gasteiger partial charge in [0, 0.05) is 19.5 Å². The molecular weight excluding hydrogens is 412 g/mol. The lowest BCUT2D eigenvalue weighted by molar-refractivity contribution is 0.0988. The number of ketones is 1. The third-order valence-corrected chi connectivity index (χ3v) is 5.69. The predicted molar refractivity (Wildman–Crippen MR) is 118 cm³/mol. The third kappa shape index (κ3) is 4.59. The first-order valence-electron chi connectivity index (χ1n) is 10.7. The zero-order chi connectivity index (χ0) is 22.7. The minimum absolute atomic E-state index is 0.00919. The standard InChI is InChI=1S/C24H25F2N5O/c1-3-12-31-28-24(27-29-31)30-13-11-16(2)20(15-30)18-9-7-17(8-10-18)14-22(32)19-5-4-6-21(25)23(19)26/h4-10H,3,11-15H2,1-2H3. The van der Waals surface area contributed by atoms with Crippen LogP contribution < -0.4 is 4.90 Å². The summed E-state index contributed by atoms with van der Waals surface area (Å²) in [5, 5.41) is 12.8. The Bertz CT molecular complexity index is 1150. The van der Waals surface area contributed by atoms with Crippen LogP contribution in [0.3, 0.4) is 0 Å². The van der Waals surface area contributed by atoms with E-state index in [0.717, 1.165) is 43.1 Å². The van der Waals surface area contributed by atoms with Crippen molar-refractivity contribution in [2.24, 2.45) is 0 Å². The molecule has 0 amide bonds. The van der Waals surface area contributed by atoms with Gasteiger partial charge < -0.3 is 4.90 Å². The van der Waals surface area contributed by atoms with Gasteiger partial charge in [-0.25, -0.2) is 8.78 Å². The normalized spacial score (nSPS) is 14.2. The van der Waals surface area contributed by atoms with E-state index in [9.17, 15) is 13.6 Å². The van der Waals surface area contributed by atoms with Crippen LogP contribution in [0.4, 0.5) is 14.7 Å². The van der Waals surface area contributed by atoms with Gasteiger partial charge in [-0.3, -0.25) is 4.79 Å². The number of aromatic nitrogens is 4. The topological polar surface area (TPSA) is 63.9 Å². The minimum atomic E-state index is -1.10. The smallest absolute Gasteiger partial charge is 0.266 e. The summed E-state index contributed by atoms with van der Waals surface area (Å²) in [6.45, 7) is 6.44. The highest BCUT2D eigenvalue weighted by molar-refractivity contribution is 5.97. The number of benzene rings is 2. The van der Waals surface area contributed by atoms with Crippen LogP contribution in [-0.4, -0.2) is 39.1 Å². The zero-order valence-corrected chi connectivity index (χ0v) is 18.2. The number of Topliss-reactive ketones (excluding diaryl/α,β-unsaturated/α-hetero) is 1. The Balaban J connectivity index is 1.47. The Labute approximate surface area is 185 Å². The maximum atomic E-state index is 13.9. The van der Waals surface area contributed by atoms with Gasteiger partial charge in [-0.05, 0) is 53.8 Å². The number of hydrogen-bond acceptors (Lipinski definition) is 5. The van der Waals surface area contributed by atoms with E-state index in [1.807, 2.05) is 24.3 Å². The summed E-state index contributed by atoms with van der Waals surface area (Å²) in [6.07, 6.45) is 1.85. The molecule has 0 N–H and O–H groups in total. The van der Waals surface area contributed by atoms with E-state index in [-0.39, 0.29) is 12.0 Å². The number of rotatable bonds is 7. The second-order valence-corrected chi connectivity index (χ2v) is 8.01. The molecule has 8 heteroatoms. The first-order valence-corrected chi connectivity index (χ1v) is 10.7. The van der Waals surface area contributed by atoms with E-state index in [2.05, 4.69) is 34.2 Å². The van der Waals surface area contributed by atoms with Gasteiger partial charge in [0.2, 0.25) is 0 Å². The van der Waals surface area contributed by atoms with Gasteiger partial charge in [-0.15, -0.1) is 5.10 Å². The number of carbonyl (C=O) groups is 1. The molecule has 0 spiro atoms. The lowest BCUT2D eigenvalue weighted by Crippen LogP contribution is -2.31. The van der Waals surface area contributed by atoms with Crippen molar-refractivity contribution < 1.29 is 13.6 Å². The molecular formula is C24H25F2N5O. The van der Waals surface area contributed by atoms with Crippen LogP contribution in [0, 0.1) is 11.6 Å². The number of anilines is 1. The number of aryl methyl sites for hydroxylation is 1. The summed E-state index contributed by atoms with van der Waals surface area (Å²) < 4.78 is 27.3. The average molecular weight is 437 g/mol. The van der Waals surface area contributed by atoms with Crippen molar-refractivity contribution in [2.75, 3.05) is 18.0 Å². The van der Waals surface area contributed by atoms with Gasteiger partial charge in [0.25, 0.3) is 5.95 Å². The maximum Gasteiger partial charge on any atom is 0.266 e. The molecule has 0 saturated heterocycles. The summed E-state index contributed by atoms with van der Waals surface area (Å²) in [4.78, 5) is 16.2. The highest BCUT2D eigenvalue weighted by atomic mass is 19.2. The van der Waals surface area contributed by atoms with Crippen LogP contribution in [0.1, 0.15) is 48.2 Å². The molecule has 0 fully saturated rings. The van der Waals surface area contributed by atoms with Crippen molar-refractivity contribution in [3.8, 4) is 0 Å². The molecule has 0 saturated carbocycles. The lowest BCUT2D eigenvalue weighted by Gasteiger charge is -2.29. The molecule has 2 heterocycles. The zero-order valence-electron chi connectivity index (χ0n) is 18.2. The predicted octanol–water partition coefficient (Wildman–Crippen LogP) is 4.47. The molecule has 1 aliphatic rings. The monoisotopic (exact) mass is 437 g/mol. The van der Waals surface area contributed by atoms with Crippen LogP contribution in [0.5, 0.6) is 0 Å². The molecule has 0 radical (unpaired) electrons. The van der Waals surface area contributed by atoms with Crippen molar-refractivity contribution >= 4 is 17.3 Å². The van der Waals surface area contributed by atoms with E-state index < -0.39 is 17.4 Å². The summed E-state index contributed by atoms with van der Waals surface area (Å²) in [5.74, 6) is -1.93. The van der Waals surface area contributed by atoms with Crippen molar-refractivity contribution in [3.63, 3.8) is 0 Å². The number of hydrogen-bond donors (Lipinski definition) is 0. The summed E-state index contributed by atoms with van der Waals surface area (Å²) >= 11 is 0.